The van der Waals surface area contributed by atoms with Gasteiger partial charge in [-0.05, 0) is 37.3 Å². The quantitative estimate of drug-likeness (QED) is 0.700. The third kappa shape index (κ3) is 5.92. The van der Waals surface area contributed by atoms with Crippen molar-refractivity contribution < 1.29 is 14.0 Å². The van der Waals surface area contributed by atoms with Crippen LogP contribution in [0.2, 0.25) is 10.0 Å². The van der Waals surface area contributed by atoms with Gasteiger partial charge >= 0.3 is 0 Å². The molecule has 0 aromatic heterocycles. The Hall–Kier alpha value is -2.19. The average molecular weight is 453 g/mol. The third-order valence-corrected chi connectivity index (χ3v) is 5.66. The lowest BCUT2D eigenvalue weighted by Crippen LogP contribution is -2.53. The van der Waals surface area contributed by atoms with Crippen LogP contribution in [0.25, 0.3) is 0 Å². The molecular formula is C21H23Cl2FN4O2. The Morgan fingerprint density at radius 1 is 1.03 bits per heavy atom. The molecule has 1 saturated heterocycles. The van der Waals surface area contributed by atoms with E-state index in [0.29, 0.717) is 42.6 Å². The number of hydrogen-bond acceptors (Lipinski definition) is 4. The lowest BCUT2D eigenvalue weighted by Gasteiger charge is -2.37. The number of para-hydroxylation sites is 1. The number of amides is 2. The van der Waals surface area contributed by atoms with Crippen molar-refractivity contribution in [1.29, 1.82) is 0 Å². The predicted octanol–water partition coefficient (Wildman–Crippen LogP) is 3.72. The molecule has 0 radical (unpaired) electrons. The van der Waals surface area contributed by atoms with Crippen LogP contribution in [0.3, 0.4) is 0 Å². The maximum absolute atomic E-state index is 13.3. The molecule has 0 spiro atoms. The summed E-state index contributed by atoms with van der Waals surface area (Å²) in [6.45, 7) is 4.70. The van der Waals surface area contributed by atoms with E-state index in [4.69, 9.17) is 23.2 Å². The first-order chi connectivity index (χ1) is 14.3. The van der Waals surface area contributed by atoms with Crippen LogP contribution in [0, 0.1) is 5.82 Å². The van der Waals surface area contributed by atoms with Crippen LogP contribution in [-0.2, 0) is 9.59 Å². The van der Waals surface area contributed by atoms with Gasteiger partial charge in [0, 0.05) is 31.9 Å². The highest BCUT2D eigenvalue weighted by molar-refractivity contribution is 6.33. The van der Waals surface area contributed by atoms with E-state index in [1.165, 1.54) is 18.2 Å². The van der Waals surface area contributed by atoms with E-state index in [-0.39, 0.29) is 29.4 Å². The Balaban J connectivity index is 1.46. The number of halogens is 3. The molecule has 2 aromatic carbocycles. The molecule has 3 rings (SSSR count). The Morgan fingerprint density at radius 3 is 2.40 bits per heavy atom. The van der Waals surface area contributed by atoms with Gasteiger partial charge in [0.1, 0.15) is 5.82 Å². The van der Waals surface area contributed by atoms with Crippen LogP contribution in [0.15, 0.2) is 42.5 Å². The normalized spacial score (nSPS) is 16.1. The topological polar surface area (TPSA) is 64.7 Å². The van der Waals surface area contributed by atoms with Crippen molar-refractivity contribution in [2.45, 2.75) is 13.0 Å². The number of carbonyl (C=O) groups is 2. The first-order valence-electron chi connectivity index (χ1n) is 9.60. The van der Waals surface area contributed by atoms with Crippen molar-refractivity contribution in [2.75, 3.05) is 43.4 Å². The zero-order chi connectivity index (χ0) is 21.7. The molecule has 160 valence electrons. The average Bonchev–Trinajstić information content (AvgIpc) is 2.72. The van der Waals surface area contributed by atoms with Crippen molar-refractivity contribution in [3.05, 3.63) is 58.3 Å². The lowest BCUT2D eigenvalue weighted by atomic mass is 10.2. The second-order valence-corrected chi connectivity index (χ2v) is 7.95. The van der Waals surface area contributed by atoms with Gasteiger partial charge in [-0.25, -0.2) is 4.39 Å². The van der Waals surface area contributed by atoms with Crippen LogP contribution in [0.1, 0.15) is 6.92 Å². The first kappa shape index (κ1) is 22.5. The van der Waals surface area contributed by atoms with Gasteiger partial charge in [-0.15, -0.1) is 0 Å². The molecule has 6 nitrogen and oxygen atoms in total. The maximum atomic E-state index is 13.3. The molecule has 1 aliphatic heterocycles. The summed E-state index contributed by atoms with van der Waals surface area (Å²) in [5.74, 6) is -0.851. The van der Waals surface area contributed by atoms with Crippen molar-refractivity contribution >= 4 is 46.4 Å². The predicted molar refractivity (Wildman–Crippen MR) is 118 cm³/mol. The molecule has 9 heteroatoms. The first-order valence-corrected chi connectivity index (χ1v) is 10.4. The molecule has 1 unspecified atom stereocenters. The van der Waals surface area contributed by atoms with Gasteiger partial charge in [-0.1, -0.05) is 35.3 Å². The van der Waals surface area contributed by atoms with Gasteiger partial charge in [0.15, 0.2) is 0 Å². The standard InChI is InChI=1S/C21H23Cl2FN4O2/c1-14(21(30)25-15-6-7-18(24)17(23)12-15)28-10-8-27(9-11-28)13-20(29)26-19-5-3-2-4-16(19)22/h2-7,12,14H,8-11,13H2,1H3,(H,25,30)(H,26,29). The largest absolute Gasteiger partial charge is 0.325 e. The number of benzene rings is 2. The second kappa shape index (κ2) is 10.2. The molecule has 1 aliphatic rings. The number of piperazine rings is 1. The molecule has 30 heavy (non-hydrogen) atoms. The Bertz CT molecular complexity index is 920. The summed E-state index contributed by atoms with van der Waals surface area (Å²) in [6, 6.07) is 10.8. The zero-order valence-corrected chi connectivity index (χ0v) is 18.0. The molecule has 2 N–H and O–H groups in total. The third-order valence-electron chi connectivity index (χ3n) is 5.04. The zero-order valence-electron chi connectivity index (χ0n) is 16.5. The highest BCUT2D eigenvalue weighted by Gasteiger charge is 2.26. The Kier molecular flexibility index (Phi) is 7.66. The second-order valence-electron chi connectivity index (χ2n) is 7.13. The van der Waals surface area contributed by atoms with Gasteiger partial charge < -0.3 is 10.6 Å². The fourth-order valence-electron chi connectivity index (χ4n) is 3.25. The van der Waals surface area contributed by atoms with Crippen molar-refractivity contribution in [3.63, 3.8) is 0 Å². The SMILES string of the molecule is CC(C(=O)Nc1ccc(F)c(Cl)c1)N1CCN(CC(=O)Nc2ccccc2Cl)CC1. The lowest BCUT2D eigenvalue weighted by molar-refractivity contribution is -0.122. The highest BCUT2D eigenvalue weighted by atomic mass is 35.5. The van der Waals surface area contributed by atoms with Crippen LogP contribution in [0.5, 0.6) is 0 Å². The number of nitrogens with zero attached hydrogens (tertiary/aromatic N) is 2. The molecule has 1 fully saturated rings. The van der Waals surface area contributed by atoms with E-state index in [1.54, 1.807) is 18.2 Å². The summed E-state index contributed by atoms with van der Waals surface area (Å²) in [5.41, 5.74) is 1.04. The molecule has 0 bridgehead atoms. The van der Waals surface area contributed by atoms with E-state index in [0.717, 1.165) is 0 Å². The minimum atomic E-state index is -0.530. The van der Waals surface area contributed by atoms with E-state index >= 15 is 0 Å². The monoisotopic (exact) mass is 452 g/mol. The van der Waals surface area contributed by atoms with Gasteiger partial charge in [0.25, 0.3) is 0 Å². The number of carbonyl (C=O) groups excluding carboxylic acids is 2. The van der Waals surface area contributed by atoms with E-state index < -0.39 is 5.82 Å². The minimum Gasteiger partial charge on any atom is -0.325 e. The van der Waals surface area contributed by atoms with Gasteiger partial charge in [-0.3, -0.25) is 19.4 Å². The van der Waals surface area contributed by atoms with Crippen LogP contribution < -0.4 is 10.6 Å². The molecule has 2 aromatic rings. The van der Waals surface area contributed by atoms with E-state index in [1.807, 2.05) is 22.8 Å². The minimum absolute atomic E-state index is 0.0378. The van der Waals surface area contributed by atoms with Gasteiger partial charge in [0.2, 0.25) is 11.8 Å². The van der Waals surface area contributed by atoms with E-state index in [9.17, 15) is 14.0 Å². The van der Waals surface area contributed by atoms with Gasteiger partial charge in [-0.2, -0.15) is 0 Å². The molecule has 0 saturated carbocycles. The van der Waals surface area contributed by atoms with Crippen molar-refractivity contribution in [3.8, 4) is 0 Å². The number of rotatable bonds is 6. The highest BCUT2D eigenvalue weighted by Crippen LogP contribution is 2.21. The summed E-state index contributed by atoms with van der Waals surface area (Å²) >= 11 is 11.8. The Morgan fingerprint density at radius 2 is 1.73 bits per heavy atom. The van der Waals surface area contributed by atoms with E-state index in [2.05, 4.69) is 10.6 Å². The summed E-state index contributed by atoms with van der Waals surface area (Å²) in [5, 5.41) is 6.04. The smallest absolute Gasteiger partial charge is 0.241 e. The molecule has 0 aliphatic carbocycles. The number of hydrogen-bond donors (Lipinski definition) is 2. The Labute approximate surface area is 184 Å². The number of nitrogens with one attached hydrogen (secondary N) is 2. The summed E-state index contributed by atoms with van der Waals surface area (Å²) < 4.78 is 13.3. The van der Waals surface area contributed by atoms with Gasteiger partial charge in [0.05, 0.1) is 28.3 Å². The summed E-state index contributed by atoms with van der Waals surface area (Å²) in [7, 11) is 0. The van der Waals surface area contributed by atoms with Crippen LogP contribution in [0.4, 0.5) is 15.8 Å². The molecule has 1 atom stereocenters. The molecular weight excluding hydrogens is 430 g/mol. The van der Waals surface area contributed by atoms with Crippen molar-refractivity contribution in [1.82, 2.24) is 9.80 Å². The maximum Gasteiger partial charge on any atom is 0.241 e. The fraction of sp³-hybridized carbons (Fsp3) is 0.333. The van der Waals surface area contributed by atoms with Crippen molar-refractivity contribution in [2.24, 2.45) is 0 Å². The fourth-order valence-corrected chi connectivity index (χ4v) is 3.61. The number of anilines is 2. The van der Waals surface area contributed by atoms with Crippen LogP contribution >= 0.6 is 23.2 Å². The summed E-state index contributed by atoms with van der Waals surface area (Å²) in [4.78, 5) is 28.9. The molecule has 1 heterocycles. The van der Waals surface area contributed by atoms with Crippen LogP contribution in [-0.4, -0.2) is 60.4 Å². The molecule has 2 amide bonds. The summed E-state index contributed by atoms with van der Waals surface area (Å²) in [6.07, 6.45) is 0.